The molecule has 1 atom stereocenters. The molecule has 0 spiro atoms. The molecule has 0 fully saturated rings. The van der Waals surface area contributed by atoms with E-state index in [0.717, 1.165) is 6.20 Å². The molecule has 1 unspecified atom stereocenters. The van der Waals surface area contributed by atoms with Gasteiger partial charge in [0.05, 0.1) is 17.4 Å². The second-order valence-corrected chi connectivity index (χ2v) is 2.67. The van der Waals surface area contributed by atoms with Crippen molar-refractivity contribution in [3.63, 3.8) is 0 Å². The molecule has 0 radical (unpaired) electrons. The van der Waals surface area contributed by atoms with Crippen LogP contribution < -0.4 is 0 Å². The van der Waals surface area contributed by atoms with E-state index >= 15 is 0 Å². The highest BCUT2D eigenvalue weighted by Gasteiger charge is 2.24. The van der Waals surface area contributed by atoms with Crippen LogP contribution in [0.3, 0.4) is 0 Å². The molecule has 0 aliphatic carbocycles. The molecule has 0 amide bonds. The molecule has 1 aromatic rings. The fourth-order valence-corrected chi connectivity index (χ4v) is 1.15. The van der Waals surface area contributed by atoms with Crippen molar-refractivity contribution in [3.05, 3.63) is 22.0 Å². The van der Waals surface area contributed by atoms with Gasteiger partial charge in [-0.05, 0) is 0 Å². The lowest BCUT2D eigenvalue weighted by Gasteiger charge is -2.05. The average molecular weight is 196 g/mol. The molecule has 0 saturated carbocycles. The number of aliphatic hydroxyl groups excluding tert-OH is 1. The maximum atomic E-state index is 10.5. The Balaban J connectivity index is 3.12. The molecule has 0 aliphatic rings. The fraction of sp³-hybridized carbons (Fsp3) is 0.429. The molecule has 1 heterocycles. The van der Waals surface area contributed by atoms with E-state index in [1.165, 1.54) is 11.7 Å². The lowest BCUT2D eigenvalue weighted by molar-refractivity contribution is -0.386. The molecular weight excluding hydrogens is 188 g/mol. The number of hydrogen-bond acceptors (Lipinski definition) is 5. The first-order chi connectivity index (χ1) is 6.57. The molecule has 0 aliphatic heterocycles. The van der Waals surface area contributed by atoms with Crippen molar-refractivity contribution in [3.8, 4) is 6.07 Å². The van der Waals surface area contributed by atoms with Crippen molar-refractivity contribution in [1.29, 1.82) is 5.26 Å². The Morgan fingerprint density at radius 1 is 1.93 bits per heavy atom. The number of nitriles is 1. The summed E-state index contributed by atoms with van der Waals surface area (Å²) >= 11 is 0. The zero-order valence-electron chi connectivity index (χ0n) is 7.41. The van der Waals surface area contributed by atoms with E-state index in [1.807, 2.05) is 0 Å². The monoisotopic (exact) mass is 196 g/mol. The van der Waals surface area contributed by atoms with Crippen LogP contribution in [-0.2, 0) is 7.05 Å². The molecule has 1 rings (SSSR count). The Hall–Kier alpha value is -1.94. The van der Waals surface area contributed by atoms with Gasteiger partial charge >= 0.3 is 5.69 Å². The Labute approximate surface area is 79.3 Å². The highest BCUT2D eigenvalue weighted by atomic mass is 16.6. The average Bonchev–Trinajstić information content (AvgIpc) is 2.47. The Bertz CT molecular complexity index is 392. The summed E-state index contributed by atoms with van der Waals surface area (Å²) < 4.78 is 1.19. The smallest absolute Gasteiger partial charge is 0.312 e. The number of nitro groups is 1. The lowest BCUT2D eigenvalue weighted by Crippen LogP contribution is -2.06. The third-order valence-electron chi connectivity index (χ3n) is 1.76. The van der Waals surface area contributed by atoms with Gasteiger partial charge in [0.15, 0.2) is 0 Å². The molecule has 7 heteroatoms. The second-order valence-electron chi connectivity index (χ2n) is 2.67. The normalized spacial score (nSPS) is 12.1. The summed E-state index contributed by atoms with van der Waals surface area (Å²) in [6.07, 6.45) is -0.316. The lowest BCUT2D eigenvalue weighted by atomic mass is 10.2. The van der Waals surface area contributed by atoms with Gasteiger partial charge in [-0.2, -0.15) is 10.4 Å². The molecule has 7 nitrogen and oxygen atoms in total. The van der Waals surface area contributed by atoms with E-state index in [0.29, 0.717) is 0 Å². The Kier molecular flexibility index (Phi) is 2.79. The van der Waals surface area contributed by atoms with Gasteiger partial charge in [-0.25, -0.2) is 0 Å². The SMILES string of the molecule is Cn1ncc([N+](=O)[O-])c1C(O)CC#N. The van der Waals surface area contributed by atoms with Crippen molar-refractivity contribution < 1.29 is 10.0 Å². The first-order valence-corrected chi connectivity index (χ1v) is 3.79. The van der Waals surface area contributed by atoms with E-state index in [1.54, 1.807) is 6.07 Å². The van der Waals surface area contributed by atoms with Crippen molar-refractivity contribution in [2.75, 3.05) is 0 Å². The number of rotatable bonds is 3. The van der Waals surface area contributed by atoms with Crippen molar-refractivity contribution in [1.82, 2.24) is 9.78 Å². The summed E-state index contributed by atoms with van der Waals surface area (Å²) in [6.45, 7) is 0. The quantitative estimate of drug-likeness (QED) is 0.552. The van der Waals surface area contributed by atoms with Gasteiger partial charge < -0.3 is 5.11 Å². The van der Waals surface area contributed by atoms with Gasteiger partial charge in [0.1, 0.15) is 18.0 Å². The van der Waals surface area contributed by atoms with Crippen LogP contribution in [0.1, 0.15) is 18.2 Å². The third kappa shape index (κ3) is 1.70. The number of hydrogen-bond donors (Lipinski definition) is 1. The van der Waals surface area contributed by atoms with Gasteiger partial charge in [-0.1, -0.05) is 0 Å². The van der Waals surface area contributed by atoms with Gasteiger partial charge in [0.2, 0.25) is 0 Å². The molecule has 1 N–H and O–H groups in total. The minimum Gasteiger partial charge on any atom is -0.385 e. The Morgan fingerprint density at radius 2 is 2.57 bits per heavy atom. The van der Waals surface area contributed by atoms with Crippen LogP contribution in [0.15, 0.2) is 6.20 Å². The first-order valence-electron chi connectivity index (χ1n) is 3.79. The van der Waals surface area contributed by atoms with Gasteiger partial charge in [-0.15, -0.1) is 0 Å². The Morgan fingerprint density at radius 3 is 3.07 bits per heavy atom. The van der Waals surface area contributed by atoms with Crippen molar-refractivity contribution in [2.45, 2.75) is 12.5 Å². The van der Waals surface area contributed by atoms with E-state index in [4.69, 9.17) is 5.26 Å². The van der Waals surface area contributed by atoms with Gasteiger partial charge in [0, 0.05) is 7.05 Å². The fourth-order valence-electron chi connectivity index (χ4n) is 1.15. The number of aromatic nitrogens is 2. The number of nitrogens with zero attached hydrogens (tertiary/aromatic N) is 4. The summed E-state index contributed by atoms with van der Waals surface area (Å²) in [7, 11) is 1.48. The molecule has 14 heavy (non-hydrogen) atoms. The third-order valence-corrected chi connectivity index (χ3v) is 1.76. The minimum absolute atomic E-state index is 0.0524. The van der Waals surface area contributed by atoms with E-state index in [-0.39, 0.29) is 17.8 Å². The topological polar surface area (TPSA) is 105 Å². The largest absolute Gasteiger partial charge is 0.385 e. The van der Waals surface area contributed by atoms with Crippen LogP contribution >= 0.6 is 0 Å². The molecular formula is C7H8N4O3. The van der Waals surface area contributed by atoms with Gasteiger partial charge in [0.25, 0.3) is 0 Å². The predicted octanol–water partition coefficient (Wildman–Crippen LogP) is 0.275. The zero-order valence-corrected chi connectivity index (χ0v) is 7.41. The molecule has 0 saturated heterocycles. The van der Waals surface area contributed by atoms with Crippen LogP contribution in [0.5, 0.6) is 0 Å². The number of aliphatic hydroxyl groups is 1. The molecule has 0 bridgehead atoms. The van der Waals surface area contributed by atoms with Crippen molar-refractivity contribution in [2.24, 2.45) is 7.05 Å². The summed E-state index contributed by atoms with van der Waals surface area (Å²) in [5, 5.41) is 31.9. The minimum atomic E-state index is -1.17. The predicted molar refractivity (Wildman–Crippen MR) is 45.1 cm³/mol. The van der Waals surface area contributed by atoms with Crippen LogP contribution in [0.2, 0.25) is 0 Å². The summed E-state index contributed by atoms with van der Waals surface area (Å²) in [6, 6.07) is 1.74. The maximum Gasteiger partial charge on any atom is 0.312 e. The van der Waals surface area contributed by atoms with Gasteiger partial charge in [-0.3, -0.25) is 14.8 Å². The van der Waals surface area contributed by atoms with Crippen LogP contribution in [0.25, 0.3) is 0 Å². The highest BCUT2D eigenvalue weighted by Crippen LogP contribution is 2.25. The first kappa shape index (κ1) is 10.1. The summed E-state index contributed by atoms with van der Waals surface area (Å²) in [5.74, 6) is 0. The standard InChI is InChI=1S/C7H8N4O3/c1-10-7(6(12)2-3-8)5(4-9-10)11(13)14/h4,6,12H,2H2,1H3. The second kappa shape index (κ2) is 3.85. The van der Waals surface area contributed by atoms with E-state index in [9.17, 15) is 15.2 Å². The zero-order chi connectivity index (χ0) is 10.7. The highest BCUT2D eigenvalue weighted by molar-refractivity contribution is 5.34. The van der Waals surface area contributed by atoms with E-state index in [2.05, 4.69) is 5.10 Å². The summed E-state index contributed by atoms with van der Waals surface area (Å²) in [5.41, 5.74) is -0.216. The van der Waals surface area contributed by atoms with Crippen LogP contribution in [-0.4, -0.2) is 19.8 Å². The molecule has 1 aromatic heterocycles. The van der Waals surface area contributed by atoms with E-state index < -0.39 is 11.0 Å². The summed E-state index contributed by atoms with van der Waals surface area (Å²) in [4.78, 5) is 9.87. The maximum absolute atomic E-state index is 10.5. The van der Waals surface area contributed by atoms with Crippen molar-refractivity contribution >= 4 is 5.69 Å². The number of aryl methyl sites for hydroxylation is 1. The van der Waals surface area contributed by atoms with Crippen LogP contribution in [0, 0.1) is 21.4 Å². The van der Waals surface area contributed by atoms with Crippen LogP contribution in [0.4, 0.5) is 5.69 Å². The molecule has 74 valence electrons. The molecule has 0 aromatic carbocycles.